The third-order valence-corrected chi connectivity index (χ3v) is 3.66. The summed E-state index contributed by atoms with van der Waals surface area (Å²) in [5.74, 6) is 1.18. The van der Waals surface area contributed by atoms with Gasteiger partial charge in [0.1, 0.15) is 5.75 Å². The molecule has 5 nitrogen and oxygen atoms in total. The molecule has 2 aromatic carbocycles. The summed E-state index contributed by atoms with van der Waals surface area (Å²) < 4.78 is 16.5. The number of ether oxygens (including phenoxy) is 3. The van der Waals surface area contributed by atoms with Gasteiger partial charge in [0.15, 0.2) is 11.5 Å². The van der Waals surface area contributed by atoms with Crippen LogP contribution in [-0.4, -0.2) is 26.2 Å². The second kappa shape index (κ2) is 9.18. The number of amides is 1. The quantitative estimate of drug-likeness (QED) is 0.732. The Morgan fingerprint density at radius 3 is 2.56 bits per heavy atom. The first-order valence-corrected chi connectivity index (χ1v) is 8.52. The Labute approximate surface area is 152 Å². The van der Waals surface area contributed by atoms with Crippen molar-refractivity contribution in [3.05, 3.63) is 47.0 Å². The second-order valence-corrected chi connectivity index (χ2v) is 5.63. The van der Waals surface area contributed by atoms with Crippen LogP contribution in [0.5, 0.6) is 17.2 Å². The topological polar surface area (TPSA) is 56.8 Å². The summed E-state index contributed by atoms with van der Waals surface area (Å²) in [5.41, 5.74) is 0.957. The van der Waals surface area contributed by atoms with Gasteiger partial charge >= 0.3 is 0 Å². The minimum absolute atomic E-state index is 0.311. The lowest BCUT2D eigenvalue weighted by atomic mass is 10.1. The van der Waals surface area contributed by atoms with E-state index >= 15 is 0 Å². The number of hydrogen-bond donors (Lipinski definition) is 1. The molecule has 0 aromatic heterocycles. The van der Waals surface area contributed by atoms with Crippen molar-refractivity contribution < 1.29 is 19.0 Å². The fourth-order valence-electron chi connectivity index (χ4n) is 2.25. The average Bonchev–Trinajstić information content (AvgIpc) is 2.61. The van der Waals surface area contributed by atoms with Crippen LogP contribution in [0.2, 0.25) is 5.02 Å². The third-order valence-electron chi connectivity index (χ3n) is 3.38. The van der Waals surface area contributed by atoms with E-state index in [1.165, 1.54) is 0 Å². The van der Waals surface area contributed by atoms with Gasteiger partial charge < -0.3 is 19.5 Å². The molecule has 0 spiro atoms. The van der Waals surface area contributed by atoms with E-state index in [0.29, 0.717) is 46.7 Å². The number of para-hydroxylation sites is 2. The van der Waals surface area contributed by atoms with Crippen molar-refractivity contribution in [1.82, 2.24) is 0 Å². The molecular weight excluding hydrogens is 342 g/mol. The molecule has 0 fully saturated rings. The van der Waals surface area contributed by atoms with E-state index in [4.69, 9.17) is 25.8 Å². The van der Waals surface area contributed by atoms with Crippen LogP contribution in [0.4, 0.5) is 5.69 Å². The molecule has 6 heteroatoms. The highest BCUT2D eigenvalue weighted by atomic mass is 35.5. The number of carbonyl (C=O) groups is 1. The van der Waals surface area contributed by atoms with E-state index in [-0.39, 0.29) is 5.91 Å². The monoisotopic (exact) mass is 363 g/mol. The van der Waals surface area contributed by atoms with Crippen molar-refractivity contribution in [3.8, 4) is 17.2 Å². The molecule has 0 saturated carbocycles. The number of halogens is 1. The van der Waals surface area contributed by atoms with Crippen LogP contribution in [0.25, 0.3) is 0 Å². The van der Waals surface area contributed by atoms with Gasteiger partial charge in [0, 0.05) is 5.56 Å². The number of rotatable bonds is 8. The summed E-state index contributed by atoms with van der Waals surface area (Å²) in [6.07, 6.45) is 0.845. The molecule has 0 bridgehead atoms. The van der Waals surface area contributed by atoms with Crippen LogP contribution in [0.15, 0.2) is 36.4 Å². The molecule has 0 radical (unpaired) electrons. The average molecular weight is 364 g/mol. The molecule has 2 aromatic rings. The fourth-order valence-corrected chi connectivity index (χ4v) is 2.51. The standard InChI is InChI=1S/C19H22ClNO4/c1-4-10-25-18-14(20)11-13(12-17(18)24-5-2)19(22)21-15-8-6-7-9-16(15)23-3/h6-9,11-12H,4-5,10H2,1-3H3,(H,21,22). The Morgan fingerprint density at radius 1 is 1.12 bits per heavy atom. The number of benzene rings is 2. The molecule has 0 saturated heterocycles. The lowest BCUT2D eigenvalue weighted by Crippen LogP contribution is -2.13. The van der Waals surface area contributed by atoms with Crippen LogP contribution in [0, 0.1) is 0 Å². The Hall–Kier alpha value is -2.40. The Morgan fingerprint density at radius 2 is 1.88 bits per heavy atom. The molecule has 2 rings (SSSR count). The summed E-state index contributed by atoms with van der Waals surface area (Å²) in [6, 6.07) is 10.4. The van der Waals surface area contributed by atoms with Gasteiger partial charge in [0.25, 0.3) is 5.91 Å². The molecule has 134 valence electrons. The summed E-state index contributed by atoms with van der Waals surface area (Å²) in [5, 5.41) is 3.16. The van der Waals surface area contributed by atoms with E-state index in [2.05, 4.69) is 5.32 Å². The Bertz CT molecular complexity index is 733. The molecule has 0 aliphatic rings. The number of anilines is 1. The zero-order valence-corrected chi connectivity index (χ0v) is 15.4. The molecule has 0 aliphatic carbocycles. The van der Waals surface area contributed by atoms with E-state index in [1.54, 1.807) is 31.4 Å². The molecule has 0 unspecified atom stereocenters. The van der Waals surface area contributed by atoms with Crippen LogP contribution in [0.3, 0.4) is 0 Å². The van der Waals surface area contributed by atoms with Crippen molar-refractivity contribution in [3.63, 3.8) is 0 Å². The maximum atomic E-state index is 12.6. The first-order chi connectivity index (χ1) is 12.1. The van der Waals surface area contributed by atoms with E-state index < -0.39 is 0 Å². The van der Waals surface area contributed by atoms with Gasteiger partial charge in [0.05, 0.1) is 31.0 Å². The predicted molar refractivity (Wildman–Crippen MR) is 99.4 cm³/mol. The van der Waals surface area contributed by atoms with Crippen molar-refractivity contribution in [2.75, 3.05) is 25.6 Å². The van der Waals surface area contributed by atoms with Crippen molar-refractivity contribution >= 4 is 23.2 Å². The molecule has 0 atom stereocenters. The third kappa shape index (κ3) is 4.79. The van der Waals surface area contributed by atoms with Crippen LogP contribution in [0.1, 0.15) is 30.6 Å². The van der Waals surface area contributed by atoms with Gasteiger partial charge in [-0.15, -0.1) is 0 Å². The molecule has 1 N–H and O–H groups in total. The van der Waals surface area contributed by atoms with Crippen molar-refractivity contribution in [2.45, 2.75) is 20.3 Å². The summed E-state index contributed by atoms with van der Waals surface area (Å²) >= 11 is 6.30. The van der Waals surface area contributed by atoms with Gasteiger partial charge in [-0.3, -0.25) is 4.79 Å². The summed E-state index contributed by atoms with van der Waals surface area (Å²) in [7, 11) is 1.55. The largest absolute Gasteiger partial charge is 0.495 e. The van der Waals surface area contributed by atoms with Gasteiger partial charge in [-0.2, -0.15) is 0 Å². The number of carbonyl (C=O) groups excluding carboxylic acids is 1. The highest BCUT2D eigenvalue weighted by Gasteiger charge is 2.17. The first kappa shape index (κ1) is 18.9. The van der Waals surface area contributed by atoms with Gasteiger partial charge in [-0.25, -0.2) is 0 Å². The predicted octanol–water partition coefficient (Wildman–Crippen LogP) is 4.79. The normalized spacial score (nSPS) is 10.2. The van der Waals surface area contributed by atoms with Crippen LogP contribution < -0.4 is 19.5 Å². The second-order valence-electron chi connectivity index (χ2n) is 5.22. The zero-order chi connectivity index (χ0) is 18.2. The lowest BCUT2D eigenvalue weighted by Gasteiger charge is -2.15. The maximum Gasteiger partial charge on any atom is 0.255 e. The minimum Gasteiger partial charge on any atom is -0.495 e. The minimum atomic E-state index is -0.311. The number of methoxy groups -OCH3 is 1. The van der Waals surface area contributed by atoms with Crippen molar-refractivity contribution in [1.29, 1.82) is 0 Å². The molecule has 25 heavy (non-hydrogen) atoms. The first-order valence-electron chi connectivity index (χ1n) is 8.14. The SMILES string of the molecule is CCCOc1c(Cl)cc(C(=O)Nc2ccccc2OC)cc1OCC. The molecule has 0 heterocycles. The van der Waals surface area contributed by atoms with E-state index in [1.807, 2.05) is 26.0 Å². The Balaban J connectivity index is 2.30. The van der Waals surface area contributed by atoms with Crippen molar-refractivity contribution in [2.24, 2.45) is 0 Å². The smallest absolute Gasteiger partial charge is 0.255 e. The molecule has 1 amide bonds. The summed E-state index contributed by atoms with van der Waals surface area (Å²) in [6.45, 7) is 4.82. The zero-order valence-electron chi connectivity index (χ0n) is 14.6. The van der Waals surface area contributed by atoms with Gasteiger partial charge in [-0.05, 0) is 37.6 Å². The molecular formula is C19H22ClNO4. The number of hydrogen-bond acceptors (Lipinski definition) is 4. The highest BCUT2D eigenvalue weighted by molar-refractivity contribution is 6.32. The highest BCUT2D eigenvalue weighted by Crippen LogP contribution is 2.37. The Kier molecular flexibility index (Phi) is 6.95. The van der Waals surface area contributed by atoms with Gasteiger partial charge in [0.2, 0.25) is 0 Å². The molecule has 0 aliphatic heterocycles. The van der Waals surface area contributed by atoms with Gasteiger partial charge in [-0.1, -0.05) is 30.7 Å². The maximum absolute atomic E-state index is 12.6. The lowest BCUT2D eigenvalue weighted by molar-refractivity contribution is 0.102. The van der Waals surface area contributed by atoms with E-state index in [0.717, 1.165) is 6.42 Å². The summed E-state index contributed by atoms with van der Waals surface area (Å²) in [4.78, 5) is 12.6. The fraction of sp³-hybridized carbons (Fsp3) is 0.316. The van der Waals surface area contributed by atoms with Crippen LogP contribution in [-0.2, 0) is 0 Å². The van der Waals surface area contributed by atoms with Crippen LogP contribution >= 0.6 is 11.6 Å². The number of nitrogens with one attached hydrogen (secondary N) is 1. The van der Waals surface area contributed by atoms with E-state index in [9.17, 15) is 4.79 Å².